The maximum absolute atomic E-state index is 12.6. The molecule has 0 saturated carbocycles. The van der Waals surface area contributed by atoms with Crippen LogP contribution < -0.4 is 5.73 Å². The van der Waals surface area contributed by atoms with Gasteiger partial charge in [-0.25, -0.2) is 12.7 Å². The minimum absolute atomic E-state index is 0.232. The molecule has 20 heavy (non-hydrogen) atoms. The topological polar surface area (TPSA) is 66.6 Å². The van der Waals surface area contributed by atoms with Crippen LogP contribution in [0.25, 0.3) is 0 Å². The van der Waals surface area contributed by atoms with Crippen LogP contribution in [0, 0.1) is 5.92 Å². The molecule has 0 spiro atoms. The van der Waals surface area contributed by atoms with Gasteiger partial charge < -0.3 is 10.6 Å². The largest absolute Gasteiger partial charge is 0.326 e. The van der Waals surface area contributed by atoms with Crippen molar-refractivity contribution in [3.63, 3.8) is 0 Å². The Hall–Kier alpha value is -0.950. The Balaban J connectivity index is 2.17. The highest BCUT2D eigenvalue weighted by molar-refractivity contribution is 7.89. The minimum Gasteiger partial charge on any atom is -0.326 e. The van der Waals surface area contributed by atoms with Crippen LogP contribution in [0.4, 0.5) is 0 Å². The van der Waals surface area contributed by atoms with Crippen molar-refractivity contribution in [2.24, 2.45) is 11.7 Å². The van der Waals surface area contributed by atoms with E-state index in [1.165, 1.54) is 4.31 Å². The number of nitrogens with two attached hydrogens (primary N) is 1. The zero-order valence-corrected chi connectivity index (χ0v) is 12.9. The van der Waals surface area contributed by atoms with Gasteiger partial charge in [-0.05, 0) is 37.6 Å². The van der Waals surface area contributed by atoms with Gasteiger partial charge in [0.15, 0.2) is 0 Å². The molecular weight excluding hydrogens is 274 g/mol. The molecule has 1 aromatic rings. The zero-order chi connectivity index (χ0) is 14.8. The van der Waals surface area contributed by atoms with Crippen molar-refractivity contribution in [1.29, 1.82) is 0 Å². The monoisotopic (exact) mass is 297 g/mol. The van der Waals surface area contributed by atoms with E-state index in [-0.39, 0.29) is 6.54 Å². The Kier molecular flexibility index (Phi) is 4.80. The van der Waals surface area contributed by atoms with Crippen molar-refractivity contribution in [2.75, 3.05) is 33.7 Å². The lowest BCUT2D eigenvalue weighted by Crippen LogP contribution is -2.33. The lowest BCUT2D eigenvalue weighted by atomic mass is 10.1. The number of hydrogen-bond acceptors (Lipinski definition) is 4. The van der Waals surface area contributed by atoms with Crippen LogP contribution in [-0.2, 0) is 16.6 Å². The third-order valence-electron chi connectivity index (χ3n) is 3.88. The molecule has 1 atom stereocenters. The van der Waals surface area contributed by atoms with Crippen LogP contribution in [0.5, 0.6) is 0 Å². The second-order valence-corrected chi connectivity index (χ2v) is 7.53. The minimum atomic E-state index is -3.45. The molecule has 1 heterocycles. The molecule has 112 valence electrons. The maximum Gasteiger partial charge on any atom is 0.243 e. The van der Waals surface area contributed by atoms with Crippen LogP contribution >= 0.6 is 0 Å². The fourth-order valence-electron chi connectivity index (χ4n) is 2.73. The first-order valence-corrected chi connectivity index (χ1v) is 8.32. The summed E-state index contributed by atoms with van der Waals surface area (Å²) in [6.07, 6.45) is 1.05. The van der Waals surface area contributed by atoms with E-state index in [0.29, 0.717) is 22.9 Å². The van der Waals surface area contributed by atoms with Gasteiger partial charge in [0, 0.05) is 26.7 Å². The molecule has 1 saturated heterocycles. The van der Waals surface area contributed by atoms with Crippen LogP contribution in [0.3, 0.4) is 0 Å². The summed E-state index contributed by atoms with van der Waals surface area (Å²) in [6.45, 7) is 2.79. The van der Waals surface area contributed by atoms with Gasteiger partial charge in [0.1, 0.15) is 0 Å². The molecule has 0 aromatic heterocycles. The molecule has 0 radical (unpaired) electrons. The lowest BCUT2D eigenvalue weighted by molar-refractivity contribution is 0.356. The maximum atomic E-state index is 12.6. The van der Waals surface area contributed by atoms with Gasteiger partial charge in [0.05, 0.1) is 4.90 Å². The van der Waals surface area contributed by atoms with E-state index in [4.69, 9.17) is 5.73 Å². The Labute approximate surface area is 121 Å². The molecule has 5 nitrogen and oxygen atoms in total. The summed E-state index contributed by atoms with van der Waals surface area (Å²) in [6, 6.07) is 6.95. The summed E-state index contributed by atoms with van der Waals surface area (Å²) in [5.41, 5.74) is 6.31. The van der Waals surface area contributed by atoms with Crippen molar-refractivity contribution in [2.45, 2.75) is 17.9 Å². The Morgan fingerprint density at radius 3 is 2.70 bits per heavy atom. The van der Waals surface area contributed by atoms with E-state index in [1.54, 1.807) is 25.2 Å². The Morgan fingerprint density at radius 1 is 1.40 bits per heavy atom. The summed E-state index contributed by atoms with van der Waals surface area (Å²) in [4.78, 5) is 2.57. The number of nitrogens with zero attached hydrogens (tertiary/aromatic N) is 2. The standard InChI is InChI=1S/C14H23N3O2S/c1-16-8-7-12(10-16)11-17(2)20(18,19)14-6-4-3-5-13(14)9-15/h3-6,12H,7-11,15H2,1-2H3. The molecule has 2 N–H and O–H groups in total. The molecule has 1 aliphatic heterocycles. The second kappa shape index (κ2) is 6.22. The third kappa shape index (κ3) is 3.20. The fraction of sp³-hybridized carbons (Fsp3) is 0.571. The molecule has 1 fully saturated rings. The van der Waals surface area contributed by atoms with Crippen LogP contribution in [0.15, 0.2) is 29.2 Å². The van der Waals surface area contributed by atoms with E-state index < -0.39 is 10.0 Å². The van der Waals surface area contributed by atoms with Crippen LogP contribution in [0.2, 0.25) is 0 Å². The highest BCUT2D eigenvalue weighted by atomic mass is 32.2. The van der Waals surface area contributed by atoms with Gasteiger partial charge in [-0.1, -0.05) is 18.2 Å². The molecule has 1 unspecified atom stereocenters. The van der Waals surface area contributed by atoms with Gasteiger partial charge in [-0.2, -0.15) is 0 Å². The second-order valence-electron chi connectivity index (χ2n) is 5.51. The first-order chi connectivity index (χ1) is 9.45. The number of rotatable bonds is 5. The van der Waals surface area contributed by atoms with Gasteiger partial charge in [-0.15, -0.1) is 0 Å². The number of sulfonamides is 1. The van der Waals surface area contributed by atoms with Crippen molar-refractivity contribution in [3.05, 3.63) is 29.8 Å². The van der Waals surface area contributed by atoms with Crippen molar-refractivity contribution >= 4 is 10.0 Å². The molecule has 2 rings (SSSR count). The van der Waals surface area contributed by atoms with E-state index in [1.807, 2.05) is 6.07 Å². The quantitative estimate of drug-likeness (QED) is 0.869. The molecule has 0 aliphatic carbocycles. The smallest absolute Gasteiger partial charge is 0.243 e. The summed E-state index contributed by atoms with van der Waals surface area (Å²) < 4.78 is 26.7. The predicted octanol–water partition coefficient (Wildman–Crippen LogP) is 0.717. The summed E-state index contributed by atoms with van der Waals surface area (Å²) in [7, 11) is 0.270. The average molecular weight is 297 g/mol. The normalized spacial score (nSPS) is 20.7. The molecule has 0 bridgehead atoms. The van der Waals surface area contributed by atoms with Gasteiger partial charge in [-0.3, -0.25) is 0 Å². The summed E-state index contributed by atoms with van der Waals surface area (Å²) in [5, 5.41) is 0. The zero-order valence-electron chi connectivity index (χ0n) is 12.1. The fourth-order valence-corrected chi connectivity index (χ4v) is 4.21. The van der Waals surface area contributed by atoms with Gasteiger partial charge >= 0.3 is 0 Å². The molecular formula is C14H23N3O2S. The highest BCUT2D eigenvalue weighted by Crippen LogP contribution is 2.22. The molecule has 0 amide bonds. The predicted molar refractivity (Wildman–Crippen MR) is 79.8 cm³/mol. The van der Waals surface area contributed by atoms with E-state index >= 15 is 0 Å². The summed E-state index contributed by atoms with van der Waals surface area (Å²) in [5.74, 6) is 0.407. The Morgan fingerprint density at radius 2 is 2.10 bits per heavy atom. The number of likely N-dealkylation sites (tertiary alicyclic amines) is 1. The number of hydrogen-bond donors (Lipinski definition) is 1. The van der Waals surface area contributed by atoms with Crippen molar-refractivity contribution < 1.29 is 8.42 Å². The van der Waals surface area contributed by atoms with E-state index in [0.717, 1.165) is 19.5 Å². The highest BCUT2D eigenvalue weighted by Gasteiger charge is 2.28. The van der Waals surface area contributed by atoms with Gasteiger partial charge in [0.25, 0.3) is 0 Å². The molecule has 1 aromatic carbocycles. The first-order valence-electron chi connectivity index (χ1n) is 6.88. The number of benzene rings is 1. The average Bonchev–Trinajstić information content (AvgIpc) is 2.84. The van der Waals surface area contributed by atoms with Crippen molar-refractivity contribution in [3.8, 4) is 0 Å². The molecule has 1 aliphatic rings. The van der Waals surface area contributed by atoms with Crippen molar-refractivity contribution in [1.82, 2.24) is 9.21 Å². The van der Waals surface area contributed by atoms with E-state index in [9.17, 15) is 8.42 Å². The summed E-state index contributed by atoms with van der Waals surface area (Å²) >= 11 is 0. The SMILES string of the molecule is CN1CCC(CN(C)S(=O)(=O)c2ccccc2CN)C1. The first kappa shape index (κ1) is 15.4. The molecule has 6 heteroatoms. The van der Waals surface area contributed by atoms with E-state index in [2.05, 4.69) is 11.9 Å². The lowest BCUT2D eigenvalue weighted by Gasteiger charge is -2.22. The van der Waals surface area contributed by atoms with Crippen LogP contribution in [0.1, 0.15) is 12.0 Å². The third-order valence-corrected chi connectivity index (χ3v) is 5.81. The van der Waals surface area contributed by atoms with Crippen LogP contribution in [-0.4, -0.2) is 51.4 Å². The Bertz CT molecular complexity index is 559. The van der Waals surface area contributed by atoms with Gasteiger partial charge in [0.2, 0.25) is 10.0 Å².